The van der Waals surface area contributed by atoms with Gasteiger partial charge in [0.15, 0.2) is 0 Å². The lowest BCUT2D eigenvalue weighted by molar-refractivity contribution is 0.0696. The van der Waals surface area contributed by atoms with Crippen LogP contribution in [0.5, 0.6) is 0 Å². The standard InChI is InChI=1S/C17H21ClN2O/c1-12(2)20(11-13-5-6-13)17(21)15-8-7-14(4-3-9-19)16(18)10-15/h7-8,10,12-13H,5-6,9,11,19H2,1-2H3. The Labute approximate surface area is 131 Å². The van der Waals surface area contributed by atoms with Crippen LogP contribution in [0.1, 0.15) is 42.6 Å². The minimum absolute atomic E-state index is 0.0390. The Bertz CT molecular complexity index is 582. The first kappa shape index (κ1) is 15.9. The van der Waals surface area contributed by atoms with Gasteiger partial charge in [0.1, 0.15) is 0 Å². The molecule has 2 N–H and O–H groups in total. The third-order valence-electron chi connectivity index (χ3n) is 3.58. The lowest BCUT2D eigenvalue weighted by Crippen LogP contribution is -2.38. The predicted octanol–water partition coefficient (Wildman–Crippen LogP) is 2.91. The summed E-state index contributed by atoms with van der Waals surface area (Å²) >= 11 is 6.20. The van der Waals surface area contributed by atoms with Crippen molar-refractivity contribution in [1.82, 2.24) is 4.90 Å². The number of nitrogens with zero attached hydrogens (tertiary/aromatic N) is 1. The van der Waals surface area contributed by atoms with E-state index in [-0.39, 0.29) is 11.9 Å². The molecule has 0 radical (unpaired) electrons. The first-order chi connectivity index (χ1) is 10.0. The number of hydrogen-bond donors (Lipinski definition) is 1. The Hall–Kier alpha value is -1.50. The third kappa shape index (κ3) is 4.23. The van der Waals surface area contributed by atoms with E-state index in [1.165, 1.54) is 12.8 Å². The normalized spacial score (nSPS) is 13.8. The highest BCUT2D eigenvalue weighted by Gasteiger charge is 2.28. The molecule has 0 bridgehead atoms. The van der Waals surface area contributed by atoms with Gasteiger partial charge in [-0.3, -0.25) is 4.79 Å². The second-order valence-corrected chi connectivity index (χ2v) is 6.10. The monoisotopic (exact) mass is 304 g/mol. The Balaban J connectivity index is 2.19. The van der Waals surface area contributed by atoms with Crippen LogP contribution in [0.15, 0.2) is 18.2 Å². The van der Waals surface area contributed by atoms with Crippen molar-refractivity contribution >= 4 is 17.5 Å². The average molecular weight is 305 g/mol. The van der Waals surface area contributed by atoms with E-state index in [0.717, 1.165) is 6.54 Å². The first-order valence-corrected chi connectivity index (χ1v) is 7.70. The van der Waals surface area contributed by atoms with E-state index >= 15 is 0 Å². The van der Waals surface area contributed by atoms with Gasteiger partial charge in [-0.25, -0.2) is 0 Å². The molecule has 1 aliphatic carbocycles. The zero-order valence-electron chi connectivity index (χ0n) is 12.5. The molecular formula is C17H21ClN2O. The van der Waals surface area contributed by atoms with Gasteiger partial charge in [0.2, 0.25) is 0 Å². The van der Waals surface area contributed by atoms with Crippen LogP contribution in [0.25, 0.3) is 0 Å². The van der Waals surface area contributed by atoms with Gasteiger partial charge < -0.3 is 10.6 Å². The molecule has 1 fully saturated rings. The van der Waals surface area contributed by atoms with Crippen molar-refractivity contribution in [3.63, 3.8) is 0 Å². The van der Waals surface area contributed by atoms with E-state index in [2.05, 4.69) is 11.8 Å². The number of halogens is 1. The first-order valence-electron chi connectivity index (χ1n) is 7.32. The molecule has 1 saturated carbocycles. The molecular weight excluding hydrogens is 284 g/mol. The van der Waals surface area contributed by atoms with Crippen LogP contribution in [-0.2, 0) is 0 Å². The summed E-state index contributed by atoms with van der Waals surface area (Å²) in [6, 6.07) is 5.46. The molecule has 0 spiro atoms. The molecule has 0 heterocycles. The Morgan fingerprint density at radius 1 is 1.48 bits per heavy atom. The van der Waals surface area contributed by atoms with E-state index in [1.807, 2.05) is 18.7 Å². The molecule has 1 aromatic carbocycles. The van der Waals surface area contributed by atoms with Gasteiger partial charge in [0.25, 0.3) is 5.91 Å². The minimum atomic E-state index is 0.0390. The van der Waals surface area contributed by atoms with Crippen molar-refractivity contribution in [3.05, 3.63) is 34.3 Å². The fraction of sp³-hybridized carbons (Fsp3) is 0.471. The second kappa shape index (κ2) is 6.98. The Morgan fingerprint density at radius 3 is 2.71 bits per heavy atom. The summed E-state index contributed by atoms with van der Waals surface area (Å²) in [7, 11) is 0. The number of rotatable bonds is 4. The largest absolute Gasteiger partial charge is 0.336 e. The van der Waals surface area contributed by atoms with Crippen LogP contribution in [0.3, 0.4) is 0 Å². The van der Waals surface area contributed by atoms with Crippen LogP contribution in [0.4, 0.5) is 0 Å². The van der Waals surface area contributed by atoms with Crippen LogP contribution in [0.2, 0.25) is 5.02 Å². The Morgan fingerprint density at radius 2 is 2.19 bits per heavy atom. The van der Waals surface area contributed by atoms with Crippen molar-refractivity contribution in [2.24, 2.45) is 11.7 Å². The molecule has 0 unspecified atom stereocenters. The maximum Gasteiger partial charge on any atom is 0.254 e. The molecule has 0 saturated heterocycles. The van der Waals surface area contributed by atoms with Crippen LogP contribution < -0.4 is 5.73 Å². The summed E-state index contributed by atoms with van der Waals surface area (Å²) in [6.45, 7) is 5.22. The van der Waals surface area contributed by atoms with Gasteiger partial charge in [-0.05, 0) is 50.8 Å². The van der Waals surface area contributed by atoms with E-state index in [4.69, 9.17) is 17.3 Å². The molecule has 0 atom stereocenters. The summed E-state index contributed by atoms with van der Waals surface area (Å²) in [5.74, 6) is 6.38. The van der Waals surface area contributed by atoms with E-state index < -0.39 is 0 Å². The maximum atomic E-state index is 12.6. The van der Waals surface area contributed by atoms with E-state index in [1.54, 1.807) is 18.2 Å². The highest BCUT2D eigenvalue weighted by Crippen LogP contribution is 2.31. The molecule has 112 valence electrons. The maximum absolute atomic E-state index is 12.6. The highest BCUT2D eigenvalue weighted by molar-refractivity contribution is 6.32. The van der Waals surface area contributed by atoms with Crippen LogP contribution in [-0.4, -0.2) is 29.9 Å². The summed E-state index contributed by atoms with van der Waals surface area (Å²) in [4.78, 5) is 14.6. The van der Waals surface area contributed by atoms with E-state index in [9.17, 15) is 4.79 Å². The van der Waals surface area contributed by atoms with Crippen LogP contribution in [0, 0.1) is 17.8 Å². The molecule has 1 amide bonds. The number of nitrogens with two attached hydrogens (primary N) is 1. The lowest BCUT2D eigenvalue weighted by atomic mass is 10.1. The highest BCUT2D eigenvalue weighted by atomic mass is 35.5. The topological polar surface area (TPSA) is 46.3 Å². The summed E-state index contributed by atoms with van der Waals surface area (Å²) in [6.07, 6.45) is 2.45. The van der Waals surface area contributed by atoms with Crippen molar-refractivity contribution < 1.29 is 4.79 Å². The fourth-order valence-corrected chi connectivity index (χ4v) is 2.40. The number of carbonyl (C=O) groups excluding carboxylic acids is 1. The van der Waals surface area contributed by atoms with Crippen molar-refractivity contribution in [2.45, 2.75) is 32.7 Å². The summed E-state index contributed by atoms with van der Waals surface area (Å²) in [5, 5.41) is 0.497. The lowest BCUT2D eigenvalue weighted by Gasteiger charge is -2.27. The minimum Gasteiger partial charge on any atom is -0.336 e. The SMILES string of the molecule is CC(C)N(CC1CC1)C(=O)c1ccc(C#CCN)c(Cl)c1. The Kier molecular flexibility index (Phi) is 5.27. The van der Waals surface area contributed by atoms with Crippen molar-refractivity contribution in [1.29, 1.82) is 0 Å². The molecule has 2 rings (SSSR count). The number of carbonyl (C=O) groups is 1. The smallest absolute Gasteiger partial charge is 0.254 e. The van der Waals surface area contributed by atoms with Crippen molar-refractivity contribution in [3.8, 4) is 11.8 Å². The van der Waals surface area contributed by atoms with Gasteiger partial charge in [-0.2, -0.15) is 0 Å². The molecule has 0 aliphatic heterocycles. The third-order valence-corrected chi connectivity index (χ3v) is 3.89. The molecule has 0 aromatic heterocycles. The summed E-state index contributed by atoms with van der Waals surface area (Å²) < 4.78 is 0. The van der Waals surface area contributed by atoms with Gasteiger partial charge in [-0.15, -0.1) is 0 Å². The second-order valence-electron chi connectivity index (χ2n) is 5.70. The van der Waals surface area contributed by atoms with Gasteiger partial charge in [0.05, 0.1) is 11.6 Å². The summed E-state index contributed by atoms with van der Waals surface area (Å²) in [5.41, 5.74) is 6.68. The van der Waals surface area contributed by atoms with E-state index in [0.29, 0.717) is 28.6 Å². The van der Waals surface area contributed by atoms with Crippen molar-refractivity contribution in [2.75, 3.05) is 13.1 Å². The van der Waals surface area contributed by atoms with Crippen LogP contribution >= 0.6 is 11.6 Å². The zero-order valence-corrected chi connectivity index (χ0v) is 13.3. The van der Waals surface area contributed by atoms with Gasteiger partial charge in [-0.1, -0.05) is 23.4 Å². The molecule has 3 nitrogen and oxygen atoms in total. The number of hydrogen-bond acceptors (Lipinski definition) is 2. The zero-order chi connectivity index (χ0) is 15.4. The molecule has 1 aromatic rings. The number of benzene rings is 1. The molecule has 21 heavy (non-hydrogen) atoms. The average Bonchev–Trinajstić information content (AvgIpc) is 3.26. The fourth-order valence-electron chi connectivity index (χ4n) is 2.17. The van der Waals surface area contributed by atoms with Gasteiger partial charge in [0, 0.05) is 23.7 Å². The number of amides is 1. The molecule has 1 aliphatic rings. The van der Waals surface area contributed by atoms with Gasteiger partial charge >= 0.3 is 0 Å². The molecule has 4 heteroatoms. The predicted molar refractivity (Wildman–Crippen MR) is 86.3 cm³/mol. The quantitative estimate of drug-likeness (QED) is 0.869.